The number of nitrogens with zero attached hydrogens (tertiary/aromatic N) is 1. The van der Waals surface area contributed by atoms with Crippen LogP contribution in [0.25, 0.3) is 11.0 Å². The van der Waals surface area contributed by atoms with E-state index in [1.807, 2.05) is 0 Å². The van der Waals surface area contributed by atoms with Crippen molar-refractivity contribution >= 4 is 69.1 Å². The van der Waals surface area contributed by atoms with Crippen LogP contribution in [-0.2, 0) is 19.1 Å². The van der Waals surface area contributed by atoms with Crippen molar-refractivity contribution in [2.24, 2.45) is 0 Å². The molecule has 2 N–H and O–H groups in total. The molecule has 0 bridgehead atoms. The van der Waals surface area contributed by atoms with Gasteiger partial charge in [0, 0.05) is 21.7 Å². The molecule has 1 aliphatic carbocycles. The number of esters is 1. The Morgan fingerprint density at radius 3 is 2.28 bits per heavy atom. The summed E-state index contributed by atoms with van der Waals surface area (Å²) in [6.45, 7) is 0. The fraction of sp³-hybridized carbons (Fsp3) is 0.0741. The van der Waals surface area contributed by atoms with Crippen LogP contribution in [0.15, 0.2) is 59.4 Å². The Hall–Kier alpha value is -4.67. The predicted molar refractivity (Wildman–Crippen MR) is 141 cm³/mol. The summed E-state index contributed by atoms with van der Waals surface area (Å²) in [5.41, 5.74) is -1.29. The van der Waals surface area contributed by atoms with E-state index < -0.39 is 46.4 Å². The minimum atomic E-state index is -2.04. The van der Waals surface area contributed by atoms with E-state index in [4.69, 9.17) is 23.2 Å². The van der Waals surface area contributed by atoms with E-state index >= 15 is 0 Å². The summed E-state index contributed by atoms with van der Waals surface area (Å²) in [6.07, 6.45) is 0. The Balaban J connectivity index is 1.59. The van der Waals surface area contributed by atoms with Crippen molar-refractivity contribution < 1.29 is 28.7 Å². The zero-order chi connectivity index (χ0) is 28.0. The third-order valence-electron chi connectivity index (χ3n) is 6.16. The van der Waals surface area contributed by atoms with Crippen LogP contribution in [0.3, 0.4) is 0 Å². The topological polar surface area (TPSA) is 152 Å². The van der Waals surface area contributed by atoms with Gasteiger partial charge in [-0.05, 0) is 30.3 Å². The number of hydrogen-bond donors (Lipinski definition) is 2. The van der Waals surface area contributed by atoms with E-state index in [1.165, 1.54) is 42.5 Å². The van der Waals surface area contributed by atoms with Crippen LogP contribution in [0.2, 0.25) is 10.0 Å². The summed E-state index contributed by atoms with van der Waals surface area (Å²) < 4.78 is 4.68. The number of fused-ring (bicyclic) bond motifs is 4. The first kappa shape index (κ1) is 26.0. The third kappa shape index (κ3) is 4.39. The van der Waals surface area contributed by atoms with Gasteiger partial charge in [0.15, 0.2) is 17.5 Å². The molecule has 1 atom stereocenters. The fourth-order valence-electron chi connectivity index (χ4n) is 4.32. The minimum absolute atomic E-state index is 0.00624. The summed E-state index contributed by atoms with van der Waals surface area (Å²) in [4.78, 5) is 84.5. The van der Waals surface area contributed by atoms with Crippen LogP contribution in [0.4, 0.5) is 5.69 Å². The molecule has 5 rings (SSSR count). The molecule has 194 valence electrons. The first-order valence-corrected chi connectivity index (χ1v) is 12.0. The second kappa shape index (κ2) is 9.90. The van der Waals surface area contributed by atoms with Gasteiger partial charge in [0.2, 0.25) is 5.78 Å². The SMILES string of the molecule is COC(=O)[C@@H](C(=O)C(=O)Nc1ccc(Cl)cc1Cl)c1nc2ccc3c(c2[nH]c1=O)C(=O)c1ccccc1C3=O. The quantitative estimate of drug-likeness (QED) is 0.187. The highest BCUT2D eigenvalue weighted by Gasteiger charge is 2.39. The van der Waals surface area contributed by atoms with E-state index in [2.05, 4.69) is 20.0 Å². The number of nitrogens with one attached hydrogen (secondary N) is 2. The van der Waals surface area contributed by atoms with Crippen molar-refractivity contribution in [2.45, 2.75) is 5.92 Å². The lowest BCUT2D eigenvalue weighted by atomic mass is 9.83. The molecule has 12 heteroatoms. The monoisotopic (exact) mass is 563 g/mol. The van der Waals surface area contributed by atoms with Gasteiger partial charge < -0.3 is 15.0 Å². The molecule has 1 aromatic heterocycles. The number of Topliss-reactive ketones (excluding diaryl/α,β-unsaturated/α-hetero) is 1. The van der Waals surface area contributed by atoms with Crippen molar-refractivity contribution in [3.05, 3.63) is 103 Å². The maximum atomic E-state index is 13.3. The lowest BCUT2D eigenvalue weighted by Crippen LogP contribution is -2.37. The number of benzene rings is 3. The van der Waals surface area contributed by atoms with Gasteiger partial charge in [-0.3, -0.25) is 28.8 Å². The van der Waals surface area contributed by atoms with Crippen molar-refractivity contribution in [2.75, 3.05) is 12.4 Å². The van der Waals surface area contributed by atoms with E-state index in [0.717, 1.165) is 7.11 Å². The largest absolute Gasteiger partial charge is 0.468 e. The van der Waals surface area contributed by atoms with Gasteiger partial charge in [0.25, 0.3) is 11.5 Å². The number of ketones is 3. The maximum absolute atomic E-state index is 13.3. The lowest BCUT2D eigenvalue weighted by molar-refractivity contribution is -0.148. The van der Waals surface area contributed by atoms with Gasteiger partial charge in [-0.15, -0.1) is 0 Å². The minimum Gasteiger partial charge on any atom is -0.468 e. The Bertz CT molecular complexity index is 1830. The van der Waals surface area contributed by atoms with Crippen LogP contribution >= 0.6 is 23.2 Å². The van der Waals surface area contributed by atoms with Gasteiger partial charge in [-0.1, -0.05) is 47.5 Å². The van der Waals surface area contributed by atoms with E-state index in [9.17, 15) is 28.8 Å². The molecule has 39 heavy (non-hydrogen) atoms. The number of rotatable bonds is 5. The number of hydrogen-bond acceptors (Lipinski definition) is 8. The Labute approximate surface area is 228 Å². The number of H-pyrrole nitrogens is 1. The van der Waals surface area contributed by atoms with Gasteiger partial charge in [0.1, 0.15) is 5.69 Å². The molecule has 0 saturated carbocycles. The lowest BCUT2D eigenvalue weighted by Gasteiger charge is -2.19. The molecule has 0 unspecified atom stereocenters. The Kier molecular flexibility index (Phi) is 6.59. The molecule has 1 aliphatic rings. The number of aromatic amines is 1. The van der Waals surface area contributed by atoms with Crippen molar-refractivity contribution in [1.29, 1.82) is 0 Å². The highest BCUT2D eigenvalue weighted by molar-refractivity contribution is 6.46. The number of carbonyl (C=O) groups is 5. The first-order valence-electron chi connectivity index (χ1n) is 11.3. The first-order chi connectivity index (χ1) is 18.6. The number of methoxy groups -OCH3 is 1. The fourth-order valence-corrected chi connectivity index (χ4v) is 4.77. The average Bonchev–Trinajstić information content (AvgIpc) is 2.92. The number of aromatic nitrogens is 2. The van der Waals surface area contributed by atoms with Gasteiger partial charge in [-0.25, -0.2) is 4.98 Å². The molecule has 0 spiro atoms. The molecule has 3 aromatic carbocycles. The van der Waals surface area contributed by atoms with E-state index in [1.54, 1.807) is 12.1 Å². The summed E-state index contributed by atoms with van der Waals surface area (Å²) in [6, 6.07) is 13.1. The standard InChI is InChI=1S/C27H15Cl2N3O7/c1-39-27(38)19(24(35)26(37)31-16-8-6-11(28)10-15(16)29)21-25(36)32-20-17(30-21)9-7-14-18(20)23(34)13-5-3-2-4-12(13)22(14)33/h2-10,19H,1H3,(H,31,37)(H,32,36)/t19-/m1/s1. The average molecular weight is 564 g/mol. The van der Waals surface area contributed by atoms with Crippen molar-refractivity contribution in [1.82, 2.24) is 9.97 Å². The third-order valence-corrected chi connectivity index (χ3v) is 6.71. The van der Waals surface area contributed by atoms with Gasteiger partial charge in [-0.2, -0.15) is 0 Å². The summed E-state index contributed by atoms with van der Waals surface area (Å²) in [5, 5.41) is 2.59. The highest BCUT2D eigenvalue weighted by atomic mass is 35.5. The van der Waals surface area contributed by atoms with Crippen LogP contribution in [0, 0.1) is 0 Å². The molecule has 10 nitrogen and oxygen atoms in total. The molecule has 1 heterocycles. The smallest absolute Gasteiger partial charge is 0.323 e. The molecule has 0 saturated heterocycles. The molecule has 0 fully saturated rings. The van der Waals surface area contributed by atoms with Crippen molar-refractivity contribution in [3.63, 3.8) is 0 Å². The second-order valence-corrected chi connectivity index (χ2v) is 9.28. The van der Waals surface area contributed by atoms with E-state index in [0.29, 0.717) is 0 Å². The van der Waals surface area contributed by atoms with Gasteiger partial charge >= 0.3 is 5.97 Å². The summed E-state index contributed by atoms with van der Waals surface area (Å²) >= 11 is 11.9. The predicted octanol–water partition coefficient (Wildman–Crippen LogP) is 3.47. The number of anilines is 1. The van der Waals surface area contributed by atoms with E-state index in [-0.39, 0.29) is 49.0 Å². The highest BCUT2D eigenvalue weighted by Crippen LogP contribution is 2.31. The van der Waals surface area contributed by atoms with Crippen LogP contribution < -0.4 is 10.9 Å². The maximum Gasteiger partial charge on any atom is 0.323 e. The molecule has 4 aromatic rings. The van der Waals surface area contributed by atoms with Crippen LogP contribution in [-0.4, -0.2) is 46.3 Å². The Morgan fingerprint density at radius 1 is 0.923 bits per heavy atom. The second-order valence-electron chi connectivity index (χ2n) is 8.44. The number of ether oxygens (including phenoxy) is 1. The normalized spacial score (nSPS) is 12.9. The Morgan fingerprint density at radius 2 is 1.62 bits per heavy atom. The molecule has 0 radical (unpaired) electrons. The van der Waals surface area contributed by atoms with Crippen LogP contribution in [0.1, 0.15) is 43.5 Å². The summed E-state index contributed by atoms with van der Waals surface area (Å²) in [7, 11) is 0.976. The zero-order valence-electron chi connectivity index (χ0n) is 19.8. The molecule has 0 aliphatic heterocycles. The molecular formula is C27H15Cl2N3O7. The zero-order valence-corrected chi connectivity index (χ0v) is 21.3. The number of halogens is 2. The number of carbonyl (C=O) groups excluding carboxylic acids is 5. The molecular weight excluding hydrogens is 549 g/mol. The number of amides is 1. The molecule has 1 amide bonds. The van der Waals surface area contributed by atoms with Crippen LogP contribution in [0.5, 0.6) is 0 Å². The van der Waals surface area contributed by atoms with Gasteiger partial charge in [0.05, 0.1) is 34.4 Å². The van der Waals surface area contributed by atoms with Crippen molar-refractivity contribution in [3.8, 4) is 0 Å². The summed E-state index contributed by atoms with van der Waals surface area (Å²) in [5.74, 6) is -6.78.